The van der Waals surface area contributed by atoms with Crippen molar-refractivity contribution in [3.05, 3.63) is 78.0 Å². The van der Waals surface area contributed by atoms with Crippen molar-refractivity contribution in [3.8, 4) is 0 Å². The van der Waals surface area contributed by atoms with Crippen LogP contribution >= 0.6 is 0 Å². The second kappa shape index (κ2) is 16.3. The molecule has 1 aliphatic carbocycles. The molecule has 12 nitrogen and oxygen atoms in total. The number of urea groups is 1. The van der Waals surface area contributed by atoms with E-state index in [0.29, 0.717) is 5.52 Å². The smallest absolute Gasteiger partial charge is 0.318 e. The Morgan fingerprint density at radius 2 is 1.64 bits per heavy atom. The third kappa shape index (κ3) is 10.8. The Hall–Kier alpha value is -4.55. The lowest BCUT2D eigenvalue weighted by atomic mass is 9.93. The molecule has 4 rings (SSSR count). The third-order valence-electron chi connectivity index (χ3n) is 8.15. The zero-order valence-corrected chi connectivity index (χ0v) is 27.4. The number of aliphatic hydroxyl groups is 1. The molecular formula is C35H47N7O5. The second-order valence-electron chi connectivity index (χ2n) is 13.2. The number of hydrazine groups is 1. The van der Waals surface area contributed by atoms with Gasteiger partial charge in [-0.25, -0.2) is 15.2 Å². The number of para-hydroxylation sites is 1. The first kappa shape index (κ1) is 35.3. The van der Waals surface area contributed by atoms with Crippen LogP contribution < -0.4 is 27.2 Å². The highest BCUT2D eigenvalue weighted by Gasteiger charge is 2.33. The van der Waals surface area contributed by atoms with Crippen LogP contribution in [0.3, 0.4) is 0 Å². The van der Waals surface area contributed by atoms with Crippen LogP contribution in [-0.4, -0.2) is 75.1 Å². The van der Waals surface area contributed by atoms with Gasteiger partial charge in [0.2, 0.25) is 11.8 Å². The molecule has 12 heteroatoms. The summed E-state index contributed by atoms with van der Waals surface area (Å²) in [7, 11) is 0. The average molecular weight is 646 g/mol. The summed E-state index contributed by atoms with van der Waals surface area (Å²) in [5.41, 5.74) is 11.7. The first-order valence-electron chi connectivity index (χ1n) is 16.2. The molecular weight excluding hydrogens is 598 g/mol. The van der Waals surface area contributed by atoms with Crippen molar-refractivity contribution in [2.75, 3.05) is 6.54 Å². The van der Waals surface area contributed by atoms with Gasteiger partial charge in [-0.3, -0.25) is 19.8 Å². The van der Waals surface area contributed by atoms with Crippen LogP contribution in [0, 0.1) is 0 Å². The second-order valence-corrected chi connectivity index (χ2v) is 13.2. The van der Waals surface area contributed by atoms with Gasteiger partial charge >= 0.3 is 6.03 Å². The van der Waals surface area contributed by atoms with Crippen molar-refractivity contribution in [2.24, 2.45) is 5.73 Å². The molecule has 3 atom stereocenters. The summed E-state index contributed by atoms with van der Waals surface area (Å²) < 4.78 is 0. The average Bonchev–Trinajstić information content (AvgIpc) is 3.04. The number of nitrogens with zero attached hydrogens (tertiary/aromatic N) is 2. The fourth-order valence-corrected chi connectivity index (χ4v) is 5.77. The number of fused-ring (bicyclic) bond motifs is 1. The highest BCUT2D eigenvalue weighted by molar-refractivity contribution is 5.95. The summed E-state index contributed by atoms with van der Waals surface area (Å²) in [6.07, 6.45) is 3.42. The molecule has 0 spiro atoms. The molecule has 1 fully saturated rings. The minimum absolute atomic E-state index is 0.0113. The van der Waals surface area contributed by atoms with Crippen molar-refractivity contribution < 1.29 is 24.3 Å². The first-order chi connectivity index (χ1) is 22.4. The zero-order valence-electron chi connectivity index (χ0n) is 27.4. The van der Waals surface area contributed by atoms with Gasteiger partial charge in [0.05, 0.1) is 30.6 Å². The van der Waals surface area contributed by atoms with Crippen LogP contribution in [0.2, 0.25) is 0 Å². The number of carbonyl (C=O) groups is 4. The van der Waals surface area contributed by atoms with Gasteiger partial charge in [-0.1, -0.05) is 73.9 Å². The molecule has 0 aliphatic heterocycles. The van der Waals surface area contributed by atoms with Crippen molar-refractivity contribution in [1.29, 1.82) is 0 Å². The van der Waals surface area contributed by atoms with Crippen LogP contribution in [0.4, 0.5) is 4.79 Å². The number of pyridine rings is 1. The molecule has 252 valence electrons. The van der Waals surface area contributed by atoms with Crippen molar-refractivity contribution in [2.45, 2.75) is 95.5 Å². The van der Waals surface area contributed by atoms with E-state index in [2.05, 4.69) is 26.5 Å². The fraction of sp³-hybridized carbons (Fsp3) is 0.457. The van der Waals surface area contributed by atoms with Gasteiger partial charge in [0.15, 0.2) is 0 Å². The summed E-state index contributed by atoms with van der Waals surface area (Å²) in [5, 5.41) is 18.4. The van der Waals surface area contributed by atoms with E-state index >= 15 is 0 Å². The normalized spacial score (nSPS) is 15.7. The molecule has 0 saturated heterocycles. The molecule has 0 radical (unpaired) electrons. The van der Waals surface area contributed by atoms with Crippen LogP contribution in [0.5, 0.6) is 0 Å². The van der Waals surface area contributed by atoms with Gasteiger partial charge in [-0.05, 0) is 57.7 Å². The summed E-state index contributed by atoms with van der Waals surface area (Å²) >= 11 is 0. The molecule has 5 amide bonds. The summed E-state index contributed by atoms with van der Waals surface area (Å²) in [6.45, 7) is 5.70. The Morgan fingerprint density at radius 1 is 0.957 bits per heavy atom. The quantitative estimate of drug-likeness (QED) is 0.155. The molecule has 0 bridgehead atoms. The Morgan fingerprint density at radius 3 is 2.32 bits per heavy atom. The number of rotatable bonds is 13. The van der Waals surface area contributed by atoms with E-state index in [0.717, 1.165) is 43.1 Å². The van der Waals surface area contributed by atoms with Gasteiger partial charge in [-0.2, -0.15) is 0 Å². The molecule has 2 aromatic carbocycles. The van der Waals surface area contributed by atoms with Gasteiger partial charge in [0.25, 0.3) is 5.91 Å². The number of aromatic nitrogens is 1. The highest BCUT2D eigenvalue weighted by Crippen LogP contribution is 2.24. The predicted molar refractivity (Wildman–Crippen MR) is 180 cm³/mol. The maximum atomic E-state index is 13.7. The van der Waals surface area contributed by atoms with Crippen LogP contribution in [0.1, 0.15) is 75.3 Å². The molecule has 1 saturated carbocycles. The van der Waals surface area contributed by atoms with Crippen molar-refractivity contribution >= 4 is 34.7 Å². The van der Waals surface area contributed by atoms with E-state index in [1.54, 1.807) is 23.1 Å². The predicted octanol–water partition coefficient (Wildman–Crippen LogP) is 2.94. The molecule has 47 heavy (non-hydrogen) atoms. The molecule has 1 unspecified atom stereocenters. The lowest BCUT2D eigenvalue weighted by Gasteiger charge is -2.39. The minimum Gasteiger partial charge on any atom is -0.389 e. The first-order valence-corrected chi connectivity index (χ1v) is 16.2. The van der Waals surface area contributed by atoms with Crippen molar-refractivity contribution in [3.63, 3.8) is 0 Å². The fourth-order valence-electron chi connectivity index (χ4n) is 5.77. The Labute approximate surface area is 275 Å². The van der Waals surface area contributed by atoms with Crippen molar-refractivity contribution in [1.82, 2.24) is 31.4 Å². The van der Waals surface area contributed by atoms with E-state index in [9.17, 15) is 24.3 Å². The number of benzene rings is 2. The van der Waals surface area contributed by atoms with Crippen LogP contribution in [0.15, 0.2) is 66.7 Å². The number of nitrogens with one attached hydrogen (secondary N) is 4. The van der Waals surface area contributed by atoms with E-state index in [4.69, 9.17) is 5.73 Å². The third-order valence-corrected chi connectivity index (χ3v) is 8.15. The SMILES string of the molecule is CC(C)(C)NC(=O)N(CC(O)[C@H](Cc1ccccc1)NC(=O)[C@H](CC(N)=O)NNC(=O)c1ccc2ccccc2n1)C1CCCCC1. The Bertz CT molecular complexity index is 1520. The Kier molecular flexibility index (Phi) is 12.3. The number of nitrogens with two attached hydrogens (primary N) is 1. The Balaban J connectivity index is 1.51. The number of carbonyl (C=O) groups excluding carboxylic acids is 4. The standard InChI is InChI=1S/C35H47N7O5/c1-35(2,3)39-34(47)42(25-15-8-5-9-16-25)22-30(43)28(20-23-12-6-4-7-13-23)38-32(45)29(21-31(36)44)40-41-33(46)27-19-18-24-14-10-11-17-26(24)37-27/h4,6-7,10-14,17-19,25,28-30,40,43H,5,8-9,15-16,20-22H2,1-3H3,(H2,36,44)(H,38,45)(H,39,47)(H,41,46)/t28-,29-,30?/m0/s1. The molecule has 3 aromatic rings. The largest absolute Gasteiger partial charge is 0.389 e. The maximum Gasteiger partial charge on any atom is 0.318 e. The number of primary amides is 1. The molecule has 7 N–H and O–H groups in total. The summed E-state index contributed by atoms with van der Waals surface area (Å²) in [5.74, 6) is -2.02. The van der Waals surface area contributed by atoms with Gasteiger partial charge in [0, 0.05) is 17.0 Å². The van der Waals surface area contributed by atoms with E-state index in [1.807, 2.05) is 69.3 Å². The van der Waals surface area contributed by atoms with Crippen LogP contribution in [-0.2, 0) is 16.0 Å². The monoisotopic (exact) mass is 645 g/mol. The number of amides is 5. The van der Waals surface area contributed by atoms with Gasteiger partial charge in [-0.15, -0.1) is 0 Å². The zero-order chi connectivity index (χ0) is 34.0. The van der Waals surface area contributed by atoms with Gasteiger partial charge < -0.3 is 26.4 Å². The summed E-state index contributed by atoms with van der Waals surface area (Å²) in [6, 6.07) is 17.6. The number of hydrogen-bond donors (Lipinski definition) is 6. The minimum atomic E-state index is -1.25. The number of aliphatic hydroxyl groups excluding tert-OH is 1. The number of hydrogen-bond acceptors (Lipinski definition) is 7. The van der Waals surface area contributed by atoms with E-state index in [1.165, 1.54) is 0 Å². The highest BCUT2D eigenvalue weighted by atomic mass is 16.3. The molecule has 1 aliphatic rings. The summed E-state index contributed by atoms with van der Waals surface area (Å²) in [4.78, 5) is 58.1. The van der Waals surface area contributed by atoms with E-state index < -0.39 is 47.9 Å². The molecule has 1 aromatic heterocycles. The molecule has 1 heterocycles. The van der Waals surface area contributed by atoms with Gasteiger partial charge in [0.1, 0.15) is 11.7 Å². The lowest BCUT2D eigenvalue weighted by molar-refractivity contribution is -0.128. The van der Waals surface area contributed by atoms with E-state index in [-0.39, 0.29) is 30.7 Å². The lowest BCUT2D eigenvalue weighted by Crippen LogP contribution is -2.60. The topological polar surface area (TPSA) is 179 Å². The van der Waals surface area contributed by atoms with Crippen LogP contribution in [0.25, 0.3) is 10.9 Å². The maximum absolute atomic E-state index is 13.7.